The van der Waals surface area contributed by atoms with Gasteiger partial charge in [0.15, 0.2) is 0 Å². The van der Waals surface area contributed by atoms with Crippen LogP contribution in [0.4, 0.5) is 13.2 Å². The lowest BCUT2D eigenvalue weighted by Gasteiger charge is -2.11. The van der Waals surface area contributed by atoms with Crippen molar-refractivity contribution >= 4 is 40.1 Å². The minimum atomic E-state index is -4.57. The Balaban J connectivity index is 1.96. The standard InChI is InChI=1S/C18H11Cl2F3N2O3/c1-2-27-17(26)12-8-24-14-4-3-10(6-11(14)15(12)20)28-16-13(19)5-9(7-25-16)18(21,22)23/h3-8H,2H2,1H3. The van der Waals surface area contributed by atoms with Crippen molar-refractivity contribution in [3.05, 3.63) is 57.8 Å². The summed E-state index contributed by atoms with van der Waals surface area (Å²) in [5.41, 5.74) is -0.426. The van der Waals surface area contributed by atoms with E-state index in [1.54, 1.807) is 13.0 Å². The van der Waals surface area contributed by atoms with Gasteiger partial charge in [0.1, 0.15) is 10.8 Å². The van der Waals surface area contributed by atoms with E-state index in [4.69, 9.17) is 32.7 Å². The largest absolute Gasteiger partial charge is 0.462 e. The Kier molecular flexibility index (Phi) is 5.62. The first-order chi connectivity index (χ1) is 13.2. The second kappa shape index (κ2) is 7.81. The van der Waals surface area contributed by atoms with E-state index in [0.717, 1.165) is 6.07 Å². The number of fused-ring (bicyclic) bond motifs is 1. The Hall–Kier alpha value is -2.58. The molecule has 0 unspecified atom stereocenters. The van der Waals surface area contributed by atoms with Crippen molar-refractivity contribution in [2.75, 3.05) is 6.61 Å². The number of halogens is 5. The topological polar surface area (TPSA) is 61.3 Å². The van der Waals surface area contributed by atoms with E-state index in [-0.39, 0.29) is 33.8 Å². The molecule has 0 radical (unpaired) electrons. The highest BCUT2D eigenvalue weighted by molar-refractivity contribution is 6.38. The van der Waals surface area contributed by atoms with Gasteiger partial charge in [-0.1, -0.05) is 23.2 Å². The van der Waals surface area contributed by atoms with Crippen LogP contribution in [0.3, 0.4) is 0 Å². The zero-order valence-electron chi connectivity index (χ0n) is 14.2. The van der Waals surface area contributed by atoms with Gasteiger partial charge >= 0.3 is 12.1 Å². The van der Waals surface area contributed by atoms with Crippen molar-refractivity contribution in [1.29, 1.82) is 0 Å². The van der Waals surface area contributed by atoms with E-state index in [1.807, 2.05) is 0 Å². The van der Waals surface area contributed by atoms with Gasteiger partial charge in [0.25, 0.3) is 0 Å². The molecule has 0 amide bonds. The first-order valence-electron chi connectivity index (χ1n) is 7.86. The molecule has 10 heteroatoms. The molecule has 0 atom stereocenters. The van der Waals surface area contributed by atoms with Crippen molar-refractivity contribution in [1.82, 2.24) is 9.97 Å². The van der Waals surface area contributed by atoms with Gasteiger partial charge in [0, 0.05) is 17.8 Å². The van der Waals surface area contributed by atoms with Crippen molar-refractivity contribution in [2.45, 2.75) is 13.1 Å². The molecule has 2 heterocycles. The van der Waals surface area contributed by atoms with E-state index >= 15 is 0 Å². The molecular formula is C18H11Cl2F3N2O3. The maximum Gasteiger partial charge on any atom is 0.417 e. The fourth-order valence-electron chi connectivity index (χ4n) is 2.32. The highest BCUT2D eigenvalue weighted by atomic mass is 35.5. The lowest BCUT2D eigenvalue weighted by atomic mass is 10.1. The molecule has 3 rings (SSSR count). The third kappa shape index (κ3) is 4.13. The van der Waals surface area contributed by atoms with E-state index in [9.17, 15) is 18.0 Å². The fraction of sp³-hybridized carbons (Fsp3) is 0.167. The summed E-state index contributed by atoms with van der Waals surface area (Å²) in [6.07, 6.45) is -2.64. The Morgan fingerprint density at radius 3 is 2.54 bits per heavy atom. The predicted octanol–water partition coefficient (Wildman–Crippen LogP) is 5.92. The van der Waals surface area contributed by atoms with Gasteiger partial charge in [0.05, 0.1) is 28.3 Å². The number of carbonyl (C=O) groups excluding carboxylic acids is 1. The van der Waals surface area contributed by atoms with Crippen LogP contribution in [0.1, 0.15) is 22.8 Å². The molecule has 28 heavy (non-hydrogen) atoms. The average molecular weight is 431 g/mol. The van der Waals surface area contributed by atoms with Crippen LogP contribution in [-0.4, -0.2) is 22.5 Å². The van der Waals surface area contributed by atoms with Crippen LogP contribution >= 0.6 is 23.2 Å². The normalized spacial score (nSPS) is 11.5. The minimum absolute atomic E-state index is 0.0823. The molecule has 1 aromatic carbocycles. The van der Waals surface area contributed by atoms with Crippen LogP contribution in [0.15, 0.2) is 36.7 Å². The smallest absolute Gasteiger partial charge is 0.417 e. The number of rotatable bonds is 4. The quantitative estimate of drug-likeness (QED) is 0.480. The number of carbonyl (C=O) groups is 1. The Morgan fingerprint density at radius 1 is 1.14 bits per heavy atom. The van der Waals surface area contributed by atoms with Gasteiger partial charge in [-0.15, -0.1) is 0 Å². The third-order valence-electron chi connectivity index (χ3n) is 3.62. The summed E-state index contributed by atoms with van der Waals surface area (Å²) in [4.78, 5) is 19.7. The lowest BCUT2D eigenvalue weighted by Crippen LogP contribution is -2.06. The first kappa shape index (κ1) is 20.2. The highest BCUT2D eigenvalue weighted by Crippen LogP contribution is 2.36. The summed E-state index contributed by atoms with van der Waals surface area (Å²) in [7, 11) is 0. The molecule has 0 saturated heterocycles. The van der Waals surface area contributed by atoms with Crippen LogP contribution in [0.2, 0.25) is 10.0 Å². The number of alkyl halides is 3. The number of ether oxygens (including phenoxy) is 2. The van der Waals surface area contributed by atoms with Gasteiger partial charge in [0.2, 0.25) is 5.88 Å². The van der Waals surface area contributed by atoms with E-state index < -0.39 is 17.7 Å². The zero-order chi connectivity index (χ0) is 20.5. The van der Waals surface area contributed by atoms with Crippen molar-refractivity contribution in [3.8, 4) is 11.6 Å². The van der Waals surface area contributed by atoms with Gasteiger partial charge in [-0.2, -0.15) is 13.2 Å². The minimum Gasteiger partial charge on any atom is -0.462 e. The zero-order valence-corrected chi connectivity index (χ0v) is 15.7. The molecule has 146 valence electrons. The highest BCUT2D eigenvalue weighted by Gasteiger charge is 2.31. The maximum atomic E-state index is 12.7. The SMILES string of the molecule is CCOC(=O)c1cnc2ccc(Oc3ncc(C(F)(F)F)cc3Cl)cc2c1Cl. The van der Waals surface area contributed by atoms with Gasteiger partial charge in [-0.05, 0) is 31.2 Å². The second-order valence-electron chi connectivity index (χ2n) is 5.50. The molecule has 0 aliphatic heterocycles. The molecule has 0 aliphatic carbocycles. The summed E-state index contributed by atoms with van der Waals surface area (Å²) in [6.45, 7) is 1.83. The summed E-state index contributed by atoms with van der Waals surface area (Å²) in [6, 6.07) is 5.29. The number of aromatic nitrogens is 2. The molecule has 3 aromatic rings. The Labute approximate surface area is 167 Å². The number of benzene rings is 1. The van der Waals surface area contributed by atoms with Crippen LogP contribution in [0.25, 0.3) is 10.9 Å². The molecule has 0 fully saturated rings. The third-order valence-corrected chi connectivity index (χ3v) is 4.30. The molecular weight excluding hydrogens is 420 g/mol. The molecule has 5 nitrogen and oxygen atoms in total. The summed E-state index contributed by atoms with van der Waals surface area (Å²) in [5.74, 6) is -0.633. The van der Waals surface area contributed by atoms with Crippen LogP contribution in [0.5, 0.6) is 11.6 Å². The monoisotopic (exact) mass is 430 g/mol. The first-order valence-corrected chi connectivity index (χ1v) is 8.62. The molecule has 2 aromatic heterocycles. The lowest BCUT2D eigenvalue weighted by molar-refractivity contribution is -0.137. The number of pyridine rings is 2. The van der Waals surface area contributed by atoms with E-state index in [1.165, 1.54) is 18.3 Å². The molecule has 0 saturated carbocycles. The van der Waals surface area contributed by atoms with Crippen LogP contribution in [-0.2, 0) is 10.9 Å². The number of nitrogens with zero attached hydrogens (tertiary/aromatic N) is 2. The number of esters is 1. The van der Waals surface area contributed by atoms with E-state index in [2.05, 4.69) is 9.97 Å². The predicted molar refractivity (Wildman–Crippen MR) is 97.0 cm³/mol. The molecule has 0 N–H and O–H groups in total. The Morgan fingerprint density at radius 2 is 1.89 bits per heavy atom. The van der Waals surface area contributed by atoms with E-state index in [0.29, 0.717) is 17.1 Å². The van der Waals surface area contributed by atoms with Crippen molar-refractivity contribution in [2.24, 2.45) is 0 Å². The van der Waals surface area contributed by atoms with Crippen molar-refractivity contribution < 1.29 is 27.4 Å². The summed E-state index contributed by atoms with van der Waals surface area (Å²) < 4.78 is 48.5. The number of hydrogen-bond acceptors (Lipinski definition) is 5. The average Bonchev–Trinajstić information content (AvgIpc) is 2.63. The van der Waals surface area contributed by atoms with Gasteiger partial charge in [-0.25, -0.2) is 9.78 Å². The van der Waals surface area contributed by atoms with Crippen LogP contribution in [0, 0.1) is 0 Å². The molecule has 0 aliphatic rings. The number of hydrogen-bond donors (Lipinski definition) is 0. The Bertz CT molecular complexity index is 1060. The second-order valence-corrected chi connectivity index (χ2v) is 6.28. The fourth-order valence-corrected chi connectivity index (χ4v) is 2.80. The van der Waals surface area contributed by atoms with Crippen LogP contribution < -0.4 is 4.74 Å². The van der Waals surface area contributed by atoms with Crippen molar-refractivity contribution in [3.63, 3.8) is 0 Å². The summed E-state index contributed by atoms with van der Waals surface area (Å²) in [5, 5.41) is 0.201. The molecule has 0 spiro atoms. The van der Waals surface area contributed by atoms with Gasteiger partial charge in [-0.3, -0.25) is 4.98 Å². The summed E-state index contributed by atoms with van der Waals surface area (Å²) >= 11 is 12.1. The molecule has 0 bridgehead atoms. The van der Waals surface area contributed by atoms with Gasteiger partial charge < -0.3 is 9.47 Å². The maximum absolute atomic E-state index is 12.7.